The molecule has 0 aliphatic carbocycles. The van der Waals surface area contributed by atoms with Crippen LogP contribution in [0.25, 0.3) is 11.1 Å². The number of nitrogens with zero attached hydrogens (tertiary/aromatic N) is 1. The molecule has 0 amide bonds. The van der Waals surface area contributed by atoms with E-state index >= 15 is 0 Å². The molecule has 0 radical (unpaired) electrons. The zero-order chi connectivity index (χ0) is 16.3. The van der Waals surface area contributed by atoms with Crippen molar-refractivity contribution in [1.82, 2.24) is 10.2 Å². The molecule has 0 bridgehead atoms. The maximum absolute atomic E-state index is 12.7. The zero-order valence-electron chi connectivity index (χ0n) is 11.4. The Kier molecular flexibility index (Phi) is 4.30. The Morgan fingerprint density at radius 1 is 1.23 bits per heavy atom. The molecule has 1 aromatic heterocycles. The standard InChI is InChI=1S/C14H11F3N2O3/c1-2-22-13(21)11-9(8-6-4-3-5-7-8)10(18-19-11)12(20)14(15,16)17/h3-7H,2H2,1H3,(H,18,19). The van der Waals surface area contributed by atoms with Gasteiger partial charge in [-0.15, -0.1) is 0 Å². The number of benzene rings is 1. The third-order valence-electron chi connectivity index (χ3n) is 2.78. The summed E-state index contributed by atoms with van der Waals surface area (Å²) in [5.41, 5.74) is -1.12. The lowest BCUT2D eigenvalue weighted by molar-refractivity contribution is -0.0887. The molecule has 22 heavy (non-hydrogen) atoms. The van der Waals surface area contributed by atoms with Crippen molar-refractivity contribution in [2.45, 2.75) is 13.1 Å². The van der Waals surface area contributed by atoms with Gasteiger partial charge in [0.25, 0.3) is 5.78 Å². The van der Waals surface area contributed by atoms with E-state index in [1.54, 1.807) is 25.1 Å². The molecule has 2 rings (SSSR count). The fraction of sp³-hybridized carbons (Fsp3) is 0.214. The minimum Gasteiger partial charge on any atom is -0.461 e. The van der Waals surface area contributed by atoms with E-state index in [2.05, 4.69) is 10.2 Å². The number of ketones is 1. The molecule has 0 unspecified atom stereocenters. The number of aromatic nitrogens is 2. The monoisotopic (exact) mass is 312 g/mol. The van der Waals surface area contributed by atoms with E-state index in [1.165, 1.54) is 12.1 Å². The average Bonchev–Trinajstić information content (AvgIpc) is 2.91. The van der Waals surface area contributed by atoms with Crippen molar-refractivity contribution in [2.24, 2.45) is 0 Å². The van der Waals surface area contributed by atoms with Crippen molar-refractivity contribution in [2.75, 3.05) is 6.61 Å². The van der Waals surface area contributed by atoms with Crippen molar-refractivity contribution in [3.05, 3.63) is 41.7 Å². The van der Waals surface area contributed by atoms with Crippen LogP contribution < -0.4 is 0 Å². The number of hydrogen-bond acceptors (Lipinski definition) is 4. The predicted octanol–water partition coefficient (Wildman–Crippen LogP) is 3.00. The highest BCUT2D eigenvalue weighted by molar-refractivity contribution is 6.08. The highest BCUT2D eigenvalue weighted by Gasteiger charge is 2.43. The number of halogens is 3. The smallest absolute Gasteiger partial charge is 0.456 e. The molecular weight excluding hydrogens is 301 g/mol. The lowest BCUT2D eigenvalue weighted by Gasteiger charge is -2.07. The van der Waals surface area contributed by atoms with Gasteiger partial charge in [-0.3, -0.25) is 9.89 Å². The Balaban J connectivity index is 2.62. The van der Waals surface area contributed by atoms with Crippen molar-refractivity contribution < 1.29 is 27.5 Å². The summed E-state index contributed by atoms with van der Waals surface area (Å²) in [7, 11) is 0. The Hall–Kier alpha value is -2.64. The number of H-pyrrole nitrogens is 1. The molecule has 0 spiro atoms. The number of esters is 1. The normalized spacial score (nSPS) is 11.3. The Bertz CT molecular complexity index is 693. The third-order valence-corrected chi connectivity index (χ3v) is 2.78. The lowest BCUT2D eigenvalue weighted by Crippen LogP contribution is -2.23. The van der Waals surface area contributed by atoms with Gasteiger partial charge in [0.2, 0.25) is 0 Å². The number of Topliss-reactive ketones (excluding diaryl/α,β-unsaturated/α-hetero) is 1. The van der Waals surface area contributed by atoms with Crippen LogP contribution in [-0.4, -0.2) is 34.7 Å². The number of ether oxygens (including phenoxy) is 1. The van der Waals surface area contributed by atoms with Crippen LogP contribution in [0.3, 0.4) is 0 Å². The first-order valence-electron chi connectivity index (χ1n) is 6.28. The molecule has 116 valence electrons. The summed E-state index contributed by atoms with van der Waals surface area (Å²) in [6.45, 7) is 1.59. The number of hydrogen-bond donors (Lipinski definition) is 1. The summed E-state index contributed by atoms with van der Waals surface area (Å²) in [6.07, 6.45) is -5.09. The van der Waals surface area contributed by atoms with E-state index in [1.807, 2.05) is 0 Å². The highest BCUT2D eigenvalue weighted by Crippen LogP contribution is 2.31. The molecule has 0 saturated heterocycles. The van der Waals surface area contributed by atoms with Gasteiger partial charge in [-0.1, -0.05) is 30.3 Å². The average molecular weight is 312 g/mol. The Morgan fingerprint density at radius 3 is 2.41 bits per heavy atom. The first-order chi connectivity index (χ1) is 10.4. The van der Waals surface area contributed by atoms with E-state index < -0.39 is 23.6 Å². The summed E-state index contributed by atoms with van der Waals surface area (Å²) in [4.78, 5) is 23.3. The summed E-state index contributed by atoms with van der Waals surface area (Å²) in [5, 5.41) is 5.53. The molecule has 0 aliphatic heterocycles. The molecule has 8 heteroatoms. The van der Waals surface area contributed by atoms with Gasteiger partial charge in [-0.05, 0) is 12.5 Å². The summed E-state index contributed by atoms with van der Waals surface area (Å²) < 4.78 is 42.8. The summed E-state index contributed by atoms with van der Waals surface area (Å²) in [6, 6.07) is 7.73. The highest BCUT2D eigenvalue weighted by atomic mass is 19.4. The second-order valence-corrected chi connectivity index (χ2v) is 4.24. The number of aromatic amines is 1. The largest absolute Gasteiger partial charge is 0.461 e. The third kappa shape index (κ3) is 3.00. The van der Waals surface area contributed by atoms with Gasteiger partial charge in [0.05, 0.1) is 6.61 Å². The second kappa shape index (κ2) is 6.00. The van der Waals surface area contributed by atoms with Crippen molar-refractivity contribution >= 4 is 11.8 Å². The van der Waals surface area contributed by atoms with Crippen LogP contribution in [0.2, 0.25) is 0 Å². The number of carbonyl (C=O) groups is 2. The molecule has 5 nitrogen and oxygen atoms in total. The van der Waals surface area contributed by atoms with E-state index in [0.717, 1.165) is 0 Å². The lowest BCUT2D eigenvalue weighted by atomic mass is 10.0. The zero-order valence-corrected chi connectivity index (χ0v) is 11.4. The van der Waals surface area contributed by atoms with Gasteiger partial charge >= 0.3 is 12.1 Å². The van der Waals surface area contributed by atoms with Gasteiger partial charge in [-0.25, -0.2) is 4.79 Å². The number of alkyl halides is 3. The van der Waals surface area contributed by atoms with Crippen LogP contribution in [0.5, 0.6) is 0 Å². The molecule has 0 atom stereocenters. The molecule has 2 aromatic rings. The van der Waals surface area contributed by atoms with Crippen LogP contribution in [0.4, 0.5) is 13.2 Å². The van der Waals surface area contributed by atoms with Crippen LogP contribution in [0.15, 0.2) is 30.3 Å². The number of carbonyl (C=O) groups excluding carboxylic acids is 2. The molecule has 1 heterocycles. The first-order valence-corrected chi connectivity index (χ1v) is 6.28. The van der Waals surface area contributed by atoms with Crippen LogP contribution in [-0.2, 0) is 4.74 Å². The van der Waals surface area contributed by atoms with Crippen molar-refractivity contribution in [3.8, 4) is 11.1 Å². The summed E-state index contributed by atoms with van der Waals surface area (Å²) in [5.74, 6) is -3.01. The molecule has 0 aliphatic rings. The van der Waals surface area contributed by atoms with E-state index in [0.29, 0.717) is 0 Å². The molecular formula is C14H11F3N2O3. The Labute approximate surface area is 123 Å². The maximum atomic E-state index is 12.7. The number of rotatable bonds is 4. The predicted molar refractivity (Wildman–Crippen MR) is 70.4 cm³/mol. The molecule has 1 N–H and O–H groups in total. The quantitative estimate of drug-likeness (QED) is 0.696. The minimum absolute atomic E-state index is 0.0363. The molecule has 0 saturated carbocycles. The van der Waals surface area contributed by atoms with Gasteiger partial charge in [0, 0.05) is 5.56 Å². The second-order valence-electron chi connectivity index (χ2n) is 4.24. The maximum Gasteiger partial charge on any atom is 0.456 e. The van der Waals surface area contributed by atoms with Crippen LogP contribution in [0.1, 0.15) is 27.9 Å². The van der Waals surface area contributed by atoms with Crippen LogP contribution in [0, 0.1) is 0 Å². The van der Waals surface area contributed by atoms with E-state index in [4.69, 9.17) is 4.74 Å². The topological polar surface area (TPSA) is 72.1 Å². The fourth-order valence-electron chi connectivity index (χ4n) is 1.88. The molecule has 1 aromatic carbocycles. The first kappa shape index (κ1) is 15.7. The van der Waals surface area contributed by atoms with Gasteiger partial charge in [-0.2, -0.15) is 18.3 Å². The van der Waals surface area contributed by atoms with E-state index in [-0.39, 0.29) is 23.4 Å². The molecule has 0 fully saturated rings. The summed E-state index contributed by atoms with van der Waals surface area (Å²) >= 11 is 0. The van der Waals surface area contributed by atoms with Gasteiger partial charge in [0.1, 0.15) is 5.69 Å². The number of nitrogens with one attached hydrogen (secondary N) is 1. The SMILES string of the molecule is CCOC(=O)c1[nH]nc(C(=O)C(F)(F)F)c1-c1ccccc1. The fourth-order valence-corrected chi connectivity index (χ4v) is 1.88. The van der Waals surface area contributed by atoms with E-state index in [9.17, 15) is 22.8 Å². The van der Waals surface area contributed by atoms with Crippen molar-refractivity contribution in [1.29, 1.82) is 0 Å². The van der Waals surface area contributed by atoms with Crippen molar-refractivity contribution in [3.63, 3.8) is 0 Å². The Morgan fingerprint density at radius 2 is 1.86 bits per heavy atom. The minimum atomic E-state index is -5.09. The van der Waals surface area contributed by atoms with Crippen LogP contribution >= 0.6 is 0 Å². The van der Waals surface area contributed by atoms with Gasteiger partial charge < -0.3 is 4.74 Å². The van der Waals surface area contributed by atoms with Gasteiger partial charge in [0.15, 0.2) is 5.69 Å².